The SMILES string of the molecule is CC(O)C(=O)CC(N)=O. The summed E-state index contributed by atoms with van der Waals surface area (Å²) in [6.07, 6.45) is -1.46. The van der Waals surface area contributed by atoms with Crippen LogP contribution in [0.25, 0.3) is 0 Å². The lowest BCUT2D eigenvalue weighted by atomic mass is 10.2. The number of hydrogen-bond donors (Lipinski definition) is 2. The van der Waals surface area contributed by atoms with Crippen molar-refractivity contribution in [3.63, 3.8) is 0 Å². The first kappa shape index (κ1) is 8.10. The van der Waals surface area contributed by atoms with Gasteiger partial charge in [-0.3, -0.25) is 9.59 Å². The van der Waals surface area contributed by atoms with Crippen LogP contribution in [0.3, 0.4) is 0 Å². The van der Waals surface area contributed by atoms with Crippen LogP contribution in [-0.4, -0.2) is 22.9 Å². The van der Waals surface area contributed by atoms with Crippen molar-refractivity contribution in [3.8, 4) is 0 Å². The molecule has 0 aliphatic rings. The summed E-state index contributed by atoms with van der Waals surface area (Å²) in [7, 11) is 0. The Kier molecular flexibility index (Phi) is 2.87. The largest absolute Gasteiger partial charge is 0.386 e. The lowest BCUT2D eigenvalue weighted by Crippen LogP contribution is -2.23. The van der Waals surface area contributed by atoms with Crippen molar-refractivity contribution in [2.75, 3.05) is 0 Å². The first-order chi connectivity index (χ1) is 4.04. The summed E-state index contributed by atoms with van der Waals surface area (Å²) in [6.45, 7) is 1.30. The molecule has 1 unspecified atom stereocenters. The molecule has 0 rings (SSSR count). The van der Waals surface area contributed by atoms with Gasteiger partial charge in [-0.05, 0) is 6.92 Å². The molecular weight excluding hydrogens is 122 g/mol. The molecule has 9 heavy (non-hydrogen) atoms. The van der Waals surface area contributed by atoms with Gasteiger partial charge in [-0.2, -0.15) is 0 Å². The maximum atomic E-state index is 10.4. The molecule has 0 heterocycles. The van der Waals surface area contributed by atoms with E-state index >= 15 is 0 Å². The van der Waals surface area contributed by atoms with Gasteiger partial charge in [0.2, 0.25) is 5.91 Å². The molecule has 3 N–H and O–H groups in total. The third-order valence-corrected chi connectivity index (χ3v) is 0.814. The highest BCUT2D eigenvalue weighted by atomic mass is 16.3. The van der Waals surface area contributed by atoms with E-state index in [2.05, 4.69) is 5.73 Å². The molecule has 0 spiro atoms. The number of aliphatic hydroxyl groups is 1. The Labute approximate surface area is 52.7 Å². The van der Waals surface area contributed by atoms with Crippen LogP contribution in [0.1, 0.15) is 13.3 Å². The summed E-state index contributed by atoms with van der Waals surface area (Å²) in [4.78, 5) is 20.4. The average molecular weight is 131 g/mol. The van der Waals surface area contributed by atoms with Crippen LogP contribution in [0, 0.1) is 0 Å². The molecule has 0 fully saturated rings. The fourth-order valence-corrected chi connectivity index (χ4v) is 0.319. The zero-order valence-corrected chi connectivity index (χ0v) is 5.13. The quantitative estimate of drug-likeness (QED) is 0.472. The summed E-state index contributed by atoms with van der Waals surface area (Å²) in [6, 6.07) is 0. The molecule has 4 heteroatoms. The van der Waals surface area contributed by atoms with Gasteiger partial charge in [-0.25, -0.2) is 0 Å². The number of Topliss-reactive ketones (excluding diaryl/α,β-unsaturated/α-hetero) is 1. The molecule has 0 aromatic rings. The van der Waals surface area contributed by atoms with Crippen molar-refractivity contribution in [2.45, 2.75) is 19.4 Å². The standard InChI is InChI=1S/C5H9NO3/c1-3(7)4(8)2-5(6)9/h3,7H,2H2,1H3,(H2,6,9). The zero-order chi connectivity index (χ0) is 7.44. The molecule has 52 valence electrons. The fourth-order valence-electron chi connectivity index (χ4n) is 0.319. The highest BCUT2D eigenvalue weighted by molar-refractivity contribution is 5.99. The third-order valence-electron chi connectivity index (χ3n) is 0.814. The average Bonchev–Trinajstić information content (AvgIpc) is 1.63. The van der Waals surface area contributed by atoms with Crippen molar-refractivity contribution < 1.29 is 14.7 Å². The van der Waals surface area contributed by atoms with E-state index in [0.717, 1.165) is 0 Å². The Morgan fingerprint density at radius 3 is 2.22 bits per heavy atom. The molecule has 0 saturated carbocycles. The van der Waals surface area contributed by atoms with E-state index in [0.29, 0.717) is 0 Å². The Morgan fingerprint density at radius 1 is 1.67 bits per heavy atom. The van der Waals surface area contributed by atoms with Gasteiger partial charge in [0, 0.05) is 0 Å². The molecule has 0 radical (unpaired) electrons. The maximum absolute atomic E-state index is 10.4. The molecule has 0 aromatic carbocycles. The van der Waals surface area contributed by atoms with Crippen LogP contribution < -0.4 is 5.73 Å². The zero-order valence-electron chi connectivity index (χ0n) is 5.13. The van der Waals surface area contributed by atoms with E-state index in [-0.39, 0.29) is 6.42 Å². The monoisotopic (exact) mass is 131 g/mol. The van der Waals surface area contributed by atoms with Gasteiger partial charge in [-0.15, -0.1) is 0 Å². The van der Waals surface area contributed by atoms with E-state index in [9.17, 15) is 9.59 Å². The van der Waals surface area contributed by atoms with Gasteiger partial charge in [0.25, 0.3) is 0 Å². The number of primary amides is 1. The summed E-state index contributed by atoms with van der Waals surface area (Å²) < 4.78 is 0. The van der Waals surface area contributed by atoms with Crippen LogP contribution >= 0.6 is 0 Å². The first-order valence-corrected chi connectivity index (χ1v) is 2.53. The van der Waals surface area contributed by atoms with E-state index in [4.69, 9.17) is 5.11 Å². The molecule has 1 amide bonds. The molecule has 0 aliphatic heterocycles. The molecule has 0 saturated heterocycles. The highest BCUT2D eigenvalue weighted by Crippen LogP contribution is 1.87. The molecule has 0 aromatic heterocycles. The maximum Gasteiger partial charge on any atom is 0.224 e. The van der Waals surface area contributed by atoms with Crippen LogP contribution in [0.2, 0.25) is 0 Å². The summed E-state index contributed by atoms with van der Waals surface area (Å²) in [5.41, 5.74) is 4.66. The van der Waals surface area contributed by atoms with Crippen molar-refractivity contribution in [1.29, 1.82) is 0 Å². The van der Waals surface area contributed by atoms with Crippen molar-refractivity contribution in [3.05, 3.63) is 0 Å². The number of aliphatic hydroxyl groups excluding tert-OH is 1. The normalized spacial score (nSPS) is 12.7. The number of nitrogens with two attached hydrogens (primary N) is 1. The van der Waals surface area contributed by atoms with Crippen molar-refractivity contribution in [2.24, 2.45) is 5.73 Å². The van der Waals surface area contributed by atoms with Crippen LogP contribution in [0.5, 0.6) is 0 Å². The second-order valence-electron chi connectivity index (χ2n) is 1.79. The number of hydrogen-bond acceptors (Lipinski definition) is 3. The van der Waals surface area contributed by atoms with Gasteiger partial charge in [0.15, 0.2) is 5.78 Å². The topological polar surface area (TPSA) is 80.4 Å². The van der Waals surface area contributed by atoms with Crippen molar-refractivity contribution >= 4 is 11.7 Å². The Morgan fingerprint density at radius 2 is 2.11 bits per heavy atom. The van der Waals surface area contributed by atoms with Crippen LogP contribution in [0.4, 0.5) is 0 Å². The highest BCUT2D eigenvalue weighted by Gasteiger charge is 2.10. The Bertz CT molecular complexity index is 130. The van der Waals surface area contributed by atoms with E-state index in [1.807, 2.05) is 0 Å². The van der Waals surface area contributed by atoms with Gasteiger partial charge in [0.1, 0.15) is 6.10 Å². The van der Waals surface area contributed by atoms with Gasteiger partial charge >= 0.3 is 0 Å². The molecule has 0 aliphatic carbocycles. The van der Waals surface area contributed by atoms with Crippen LogP contribution in [-0.2, 0) is 9.59 Å². The Hall–Kier alpha value is -0.900. The number of carbonyl (C=O) groups is 2. The minimum Gasteiger partial charge on any atom is -0.386 e. The predicted octanol–water partition coefficient (Wildman–Crippen LogP) is -1.19. The van der Waals surface area contributed by atoms with Gasteiger partial charge < -0.3 is 10.8 Å². The second-order valence-corrected chi connectivity index (χ2v) is 1.79. The third kappa shape index (κ3) is 3.66. The summed E-state index contributed by atoms with van der Waals surface area (Å²) in [5.74, 6) is -1.25. The lowest BCUT2D eigenvalue weighted by Gasteiger charge is -1.97. The van der Waals surface area contributed by atoms with E-state index < -0.39 is 17.8 Å². The molecule has 4 nitrogen and oxygen atoms in total. The number of rotatable bonds is 3. The molecule has 0 bridgehead atoms. The lowest BCUT2D eigenvalue weighted by molar-refractivity contribution is -0.131. The molecule has 1 atom stereocenters. The predicted molar refractivity (Wildman–Crippen MR) is 30.5 cm³/mol. The minimum absolute atomic E-state index is 0.377. The van der Waals surface area contributed by atoms with Crippen molar-refractivity contribution in [1.82, 2.24) is 0 Å². The van der Waals surface area contributed by atoms with Gasteiger partial charge in [0.05, 0.1) is 6.42 Å². The molecular formula is C5H9NO3. The summed E-state index contributed by atoms with van der Waals surface area (Å²) in [5, 5.41) is 8.51. The van der Waals surface area contributed by atoms with Crippen LogP contribution in [0.15, 0.2) is 0 Å². The smallest absolute Gasteiger partial charge is 0.224 e. The summed E-state index contributed by atoms with van der Waals surface area (Å²) >= 11 is 0. The van der Waals surface area contributed by atoms with Gasteiger partial charge in [-0.1, -0.05) is 0 Å². The van der Waals surface area contributed by atoms with E-state index in [1.54, 1.807) is 0 Å². The fraction of sp³-hybridized carbons (Fsp3) is 0.600. The number of amides is 1. The Balaban J connectivity index is 3.64. The number of carbonyl (C=O) groups excluding carboxylic acids is 2. The number of ketones is 1. The first-order valence-electron chi connectivity index (χ1n) is 2.53. The minimum atomic E-state index is -1.09. The van der Waals surface area contributed by atoms with E-state index in [1.165, 1.54) is 6.92 Å². The second kappa shape index (κ2) is 3.19.